The first-order chi connectivity index (χ1) is 17.6. The van der Waals surface area contributed by atoms with E-state index < -0.39 is 12.2 Å². The van der Waals surface area contributed by atoms with Gasteiger partial charge in [0.15, 0.2) is 17.6 Å². The summed E-state index contributed by atoms with van der Waals surface area (Å²) in [5.41, 5.74) is 3.04. The molecule has 186 valence electrons. The predicted octanol–water partition coefficient (Wildman–Crippen LogP) is 2.42. The maximum Gasteiger partial charge on any atom is 0.415 e. The summed E-state index contributed by atoms with van der Waals surface area (Å²) in [5, 5.41) is 2.89. The molecule has 0 aliphatic carbocycles. The summed E-state index contributed by atoms with van der Waals surface area (Å²) in [4.78, 5) is 35.6. The number of ether oxygens (including phenoxy) is 5. The molecule has 11 nitrogen and oxygen atoms in total. The zero-order valence-electron chi connectivity index (χ0n) is 19.6. The SMILES string of the molecule is COc1ccc2ncc3c(c2n1)[C@H](CCNC(=O)[C@@H]1CN(c2ccc4c(c2)OCCO4)C(=O)O1)CO3. The zero-order chi connectivity index (χ0) is 24.6. The second-order valence-electron chi connectivity index (χ2n) is 8.66. The van der Waals surface area contributed by atoms with Gasteiger partial charge >= 0.3 is 6.09 Å². The summed E-state index contributed by atoms with van der Waals surface area (Å²) >= 11 is 0. The number of hydrogen-bond acceptors (Lipinski definition) is 9. The van der Waals surface area contributed by atoms with E-state index in [-0.39, 0.29) is 18.4 Å². The first-order valence-corrected chi connectivity index (χ1v) is 11.7. The van der Waals surface area contributed by atoms with Crippen LogP contribution in [-0.4, -0.2) is 68.1 Å². The lowest BCUT2D eigenvalue weighted by atomic mass is 9.97. The van der Waals surface area contributed by atoms with Crippen LogP contribution in [0.3, 0.4) is 0 Å². The van der Waals surface area contributed by atoms with Crippen LogP contribution < -0.4 is 29.2 Å². The third-order valence-electron chi connectivity index (χ3n) is 6.48. The molecule has 1 N–H and O–H groups in total. The van der Waals surface area contributed by atoms with Gasteiger partial charge in [-0.05, 0) is 24.6 Å². The van der Waals surface area contributed by atoms with E-state index in [4.69, 9.17) is 23.7 Å². The van der Waals surface area contributed by atoms with E-state index in [0.29, 0.717) is 61.6 Å². The van der Waals surface area contributed by atoms with Crippen molar-refractivity contribution in [2.75, 3.05) is 44.9 Å². The number of nitrogens with zero attached hydrogens (tertiary/aromatic N) is 3. The fraction of sp³-hybridized carbons (Fsp3) is 0.360. The fourth-order valence-electron chi connectivity index (χ4n) is 4.67. The molecule has 0 bridgehead atoms. The van der Waals surface area contributed by atoms with Crippen LogP contribution in [0.2, 0.25) is 0 Å². The monoisotopic (exact) mass is 492 g/mol. The molecule has 3 aliphatic heterocycles. The predicted molar refractivity (Wildman–Crippen MR) is 127 cm³/mol. The van der Waals surface area contributed by atoms with Crippen molar-refractivity contribution in [3.8, 4) is 23.1 Å². The van der Waals surface area contributed by atoms with Crippen molar-refractivity contribution >= 4 is 28.7 Å². The van der Waals surface area contributed by atoms with Gasteiger partial charge in [0.2, 0.25) is 5.88 Å². The molecule has 3 aliphatic rings. The summed E-state index contributed by atoms with van der Waals surface area (Å²) < 4.78 is 27.5. The number of carbonyl (C=O) groups is 2. The highest BCUT2D eigenvalue weighted by molar-refractivity contribution is 5.95. The lowest BCUT2D eigenvalue weighted by Gasteiger charge is -2.20. The summed E-state index contributed by atoms with van der Waals surface area (Å²) in [5.74, 6) is 2.07. The minimum Gasteiger partial charge on any atom is -0.491 e. The maximum atomic E-state index is 12.8. The number of cyclic esters (lactones) is 1. The third kappa shape index (κ3) is 3.96. The number of aromatic nitrogens is 2. The molecule has 0 spiro atoms. The van der Waals surface area contributed by atoms with Crippen molar-refractivity contribution in [1.82, 2.24) is 15.3 Å². The number of anilines is 1. The van der Waals surface area contributed by atoms with Crippen LogP contribution in [0.1, 0.15) is 17.9 Å². The molecule has 6 rings (SSSR count). The van der Waals surface area contributed by atoms with Crippen molar-refractivity contribution in [1.29, 1.82) is 0 Å². The van der Waals surface area contributed by atoms with E-state index in [2.05, 4.69) is 15.3 Å². The van der Waals surface area contributed by atoms with Crippen LogP contribution in [0.25, 0.3) is 11.0 Å². The first-order valence-electron chi connectivity index (χ1n) is 11.7. The highest BCUT2D eigenvalue weighted by Gasteiger charge is 2.37. The number of amides is 2. The van der Waals surface area contributed by atoms with Gasteiger partial charge in [-0.2, -0.15) is 0 Å². The van der Waals surface area contributed by atoms with E-state index in [1.54, 1.807) is 37.6 Å². The largest absolute Gasteiger partial charge is 0.491 e. The molecule has 36 heavy (non-hydrogen) atoms. The summed E-state index contributed by atoms with van der Waals surface area (Å²) in [6, 6.07) is 8.84. The van der Waals surface area contributed by atoms with Gasteiger partial charge in [0.05, 0.1) is 37.7 Å². The number of hydrogen-bond donors (Lipinski definition) is 1. The van der Waals surface area contributed by atoms with E-state index >= 15 is 0 Å². The molecule has 0 saturated carbocycles. The van der Waals surface area contributed by atoms with Gasteiger partial charge in [-0.25, -0.2) is 9.78 Å². The Morgan fingerprint density at radius 2 is 2.00 bits per heavy atom. The number of fused-ring (bicyclic) bond motifs is 4. The Balaban J connectivity index is 1.09. The van der Waals surface area contributed by atoms with Crippen LogP contribution >= 0.6 is 0 Å². The van der Waals surface area contributed by atoms with Crippen molar-refractivity contribution in [3.63, 3.8) is 0 Å². The van der Waals surface area contributed by atoms with Crippen molar-refractivity contribution in [2.45, 2.75) is 18.4 Å². The molecule has 2 amide bonds. The fourth-order valence-corrected chi connectivity index (χ4v) is 4.67. The van der Waals surface area contributed by atoms with Crippen LogP contribution in [0.5, 0.6) is 23.1 Å². The number of carbonyl (C=O) groups excluding carboxylic acids is 2. The van der Waals surface area contributed by atoms with Gasteiger partial charge in [-0.15, -0.1) is 0 Å². The normalized spacial score (nSPS) is 20.0. The molecule has 2 aromatic heterocycles. The second-order valence-corrected chi connectivity index (χ2v) is 8.66. The summed E-state index contributed by atoms with van der Waals surface area (Å²) in [6.07, 6.45) is 0.843. The van der Waals surface area contributed by atoms with Gasteiger partial charge in [0.25, 0.3) is 5.91 Å². The van der Waals surface area contributed by atoms with Crippen LogP contribution in [0.15, 0.2) is 36.5 Å². The molecular formula is C25H24N4O7. The zero-order valence-corrected chi connectivity index (χ0v) is 19.6. The molecule has 1 aromatic carbocycles. The van der Waals surface area contributed by atoms with Crippen molar-refractivity contribution in [2.24, 2.45) is 0 Å². The molecule has 2 atom stereocenters. The minimum atomic E-state index is -0.909. The van der Waals surface area contributed by atoms with Crippen molar-refractivity contribution in [3.05, 3.63) is 42.1 Å². The molecule has 11 heteroatoms. The number of nitrogens with one attached hydrogen (secondary N) is 1. The van der Waals surface area contributed by atoms with Gasteiger partial charge in [0.1, 0.15) is 24.5 Å². The Bertz CT molecular complexity index is 1350. The highest BCUT2D eigenvalue weighted by Crippen LogP contribution is 2.40. The number of pyridine rings is 2. The molecule has 0 radical (unpaired) electrons. The van der Waals surface area contributed by atoms with Crippen LogP contribution in [0, 0.1) is 0 Å². The van der Waals surface area contributed by atoms with E-state index in [1.165, 1.54) is 4.90 Å². The van der Waals surface area contributed by atoms with Gasteiger partial charge < -0.3 is 29.0 Å². The minimum absolute atomic E-state index is 0.0331. The van der Waals surface area contributed by atoms with Crippen LogP contribution in [-0.2, 0) is 9.53 Å². The number of benzene rings is 1. The number of rotatable bonds is 6. The molecule has 3 aromatic rings. The van der Waals surface area contributed by atoms with Crippen LogP contribution in [0.4, 0.5) is 10.5 Å². The van der Waals surface area contributed by atoms with Gasteiger partial charge in [0, 0.05) is 30.2 Å². The lowest BCUT2D eigenvalue weighted by molar-refractivity contribution is -0.127. The lowest BCUT2D eigenvalue weighted by Crippen LogP contribution is -2.38. The average Bonchev–Trinajstić information content (AvgIpc) is 3.51. The number of methoxy groups -OCH3 is 1. The Labute approximate surface area is 206 Å². The van der Waals surface area contributed by atoms with Crippen molar-refractivity contribution < 1.29 is 33.3 Å². The Morgan fingerprint density at radius 3 is 2.86 bits per heavy atom. The average molecular weight is 492 g/mol. The smallest absolute Gasteiger partial charge is 0.415 e. The first kappa shape index (κ1) is 22.2. The Hall–Kier alpha value is -4.28. The molecule has 1 fully saturated rings. The summed E-state index contributed by atoms with van der Waals surface area (Å²) in [6.45, 7) is 1.90. The maximum absolute atomic E-state index is 12.8. The molecular weight excluding hydrogens is 468 g/mol. The molecule has 1 saturated heterocycles. The quantitative estimate of drug-likeness (QED) is 0.553. The van der Waals surface area contributed by atoms with E-state index in [1.807, 2.05) is 6.07 Å². The standard InChI is InChI=1S/C25H24N4O7/c1-32-21-5-3-16-23(28-21)22-14(13-35-19(22)11-27-16)6-7-26-24(30)20-12-29(25(31)36-20)15-2-4-17-18(10-15)34-9-8-33-17/h2-5,10-11,14,20H,6-9,12-13H2,1H3,(H,26,30)/t14-,20+/m1/s1. The molecule has 0 unspecified atom stereocenters. The highest BCUT2D eigenvalue weighted by atomic mass is 16.6. The summed E-state index contributed by atoms with van der Waals surface area (Å²) in [7, 11) is 1.57. The van der Waals surface area contributed by atoms with E-state index in [9.17, 15) is 9.59 Å². The Kier molecular flexibility index (Phi) is 5.59. The topological polar surface area (TPSA) is 121 Å². The molecule has 5 heterocycles. The second kappa shape index (κ2) is 9.06. The Morgan fingerprint density at radius 1 is 1.14 bits per heavy atom. The van der Waals surface area contributed by atoms with E-state index in [0.717, 1.165) is 16.6 Å². The van der Waals surface area contributed by atoms with Gasteiger partial charge in [-0.3, -0.25) is 14.7 Å². The van der Waals surface area contributed by atoms with Gasteiger partial charge in [-0.1, -0.05) is 0 Å². The third-order valence-corrected chi connectivity index (χ3v) is 6.48.